The first-order valence-corrected chi connectivity index (χ1v) is 6.36. The Labute approximate surface area is 77.3 Å². The summed E-state index contributed by atoms with van der Waals surface area (Å²) < 4.78 is 61.7. The van der Waals surface area contributed by atoms with Gasteiger partial charge in [0.1, 0.15) is 0 Å². The van der Waals surface area contributed by atoms with Crippen molar-refractivity contribution < 1.29 is 11.0 Å². The third-order valence-electron chi connectivity index (χ3n) is 1.85. The molecule has 10 heavy (non-hydrogen) atoms. The van der Waals surface area contributed by atoms with Gasteiger partial charge in [-0.1, -0.05) is 51.2 Å². The van der Waals surface area contributed by atoms with E-state index in [0.717, 1.165) is 12.8 Å². The van der Waals surface area contributed by atoms with Crippen LogP contribution in [0, 0.1) is 5.92 Å². The van der Waals surface area contributed by atoms with Gasteiger partial charge in [-0.2, -0.15) is 0 Å². The van der Waals surface area contributed by atoms with E-state index in [1.54, 1.807) is 0 Å². The molecular formula is C9H20Si. The molecule has 1 saturated carbocycles. The molecule has 0 atom stereocenters. The van der Waals surface area contributed by atoms with Crippen LogP contribution in [0.1, 0.15) is 36.6 Å². The third-order valence-corrected chi connectivity index (χ3v) is 2.83. The molecule has 0 bridgehead atoms. The Morgan fingerprint density at radius 2 is 2.10 bits per heavy atom. The average molecular weight is 164 g/mol. The summed E-state index contributed by atoms with van der Waals surface area (Å²) in [5.41, 5.74) is 0. The second-order valence-corrected chi connectivity index (χ2v) is 5.79. The van der Waals surface area contributed by atoms with Crippen molar-refractivity contribution in [2.24, 2.45) is 5.92 Å². The zero-order valence-corrected chi connectivity index (χ0v) is 7.41. The Balaban J connectivity index is 3.26. The minimum atomic E-state index is -4.11. The van der Waals surface area contributed by atoms with E-state index in [9.17, 15) is 0 Å². The second kappa shape index (κ2) is 3.08. The monoisotopic (exact) mass is 164 g/mol. The van der Waals surface area contributed by atoms with Crippen molar-refractivity contribution in [2.45, 2.75) is 51.2 Å². The molecule has 0 nitrogen and oxygen atoms in total. The Hall–Kier alpha value is 0.217. The second-order valence-electron chi connectivity index (χ2n) is 3.25. The smallest absolute Gasteiger partial charge is 0.0445 e. The summed E-state index contributed by atoms with van der Waals surface area (Å²) in [5, 5.41) is 0. The molecule has 0 unspecified atom stereocenters. The van der Waals surface area contributed by atoms with E-state index in [-0.39, 0.29) is 0 Å². The highest BCUT2D eigenvalue weighted by atomic mass is 28.3. The molecule has 0 saturated heterocycles. The van der Waals surface area contributed by atoms with Crippen LogP contribution < -0.4 is 0 Å². The molecule has 0 aromatic carbocycles. The maximum Gasteiger partial charge on any atom is 0.0445 e. The molecular weight excluding hydrogens is 136 g/mol. The molecule has 1 rings (SSSR count). The van der Waals surface area contributed by atoms with Crippen molar-refractivity contribution in [3.05, 3.63) is 0 Å². The van der Waals surface area contributed by atoms with Gasteiger partial charge in [0.15, 0.2) is 0 Å². The lowest BCUT2D eigenvalue weighted by atomic mass is 10.1. The molecule has 0 aromatic heterocycles. The van der Waals surface area contributed by atoms with E-state index in [2.05, 4.69) is 0 Å². The molecule has 60 valence electrons. The largest absolute Gasteiger partial charge is 0.0695 e. The van der Waals surface area contributed by atoms with Crippen LogP contribution in [0.4, 0.5) is 0 Å². The van der Waals surface area contributed by atoms with E-state index in [1.807, 2.05) is 0 Å². The molecule has 0 amide bonds. The maximum absolute atomic E-state index is 8.20. The molecule has 1 aliphatic carbocycles. The lowest BCUT2D eigenvalue weighted by Gasteiger charge is -2.20. The van der Waals surface area contributed by atoms with Crippen LogP contribution in [-0.2, 0) is 0 Å². The van der Waals surface area contributed by atoms with Crippen molar-refractivity contribution >= 4 is 8.07 Å². The van der Waals surface area contributed by atoms with Crippen LogP contribution in [0.2, 0.25) is 25.5 Å². The van der Waals surface area contributed by atoms with Crippen molar-refractivity contribution in [2.75, 3.05) is 0 Å². The molecule has 0 aliphatic heterocycles. The van der Waals surface area contributed by atoms with Crippen LogP contribution in [0.25, 0.3) is 0 Å². The number of hydrogen-bond acceptors (Lipinski definition) is 0. The van der Waals surface area contributed by atoms with Crippen LogP contribution in [0.15, 0.2) is 0 Å². The molecule has 0 aromatic rings. The summed E-state index contributed by atoms with van der Waals surface area (Å²) in [4.78, 5) is 0. The zero-order chi connectivity index (χ0) is 14.4. The lowest BCUT2D eigenvalue weighted by Crippen LogP contribution is -2.22. The first kappa shape index (κ1) is 2.62. The SMILES string of the molecule is [2H]C([2H])([2H])[Si](C)(C([2H])([2H])[2H])C([2H])([2H])C1CCCC1. The van der Waals surface area contributed by atoms with E-state index < -0.39 is 32.9 Å². The summed E-state index contributed by atoms with van der Waals surface area (Å²) in [7, 11) is -4.11. The Bertz CT molecular complexity index is 285. The van der Waals surface area contributed by atoms with E-state index >= 15 is 0 Å². The van der Waals surface area contributed by atoms with Crippen LogP contribution in [-0.4, -0.2) is 8.07 Å². The van der Waals surface area contributed by atoms with Crippen molar-refractivity contribution in [1.29, 1.82) is 0 Å². The molecule has 1 aliphatic rings. The maximum atomic E-state index is 8.20. The summed E-state index contributed by atoms with van der Waals surface area (Å²) in [6.07, 6.45) is 2.91. The topological polar surface area (TPSA) is 0 Å². The number of hydrogen-bond donors (Lipinski definition) is 0. The predicted molar refractivity (Wildman–Crippen MR) is 50.1 cm³/mol. The molecule has 0 N–H and O–H groups in total. The van der Waals surface area contributed by atoms with Gasteiger partial charge >= 0.3 is 0 Å². The van der Waals surface area contributed by atoms with Crippen molar-refractivity contribution in [3.8, 4) is 0 Å². The molecule has 0 radical (unpaired) electrons. The van der Waals surface area contributed by atoms with E-state index in [0.29, 0.717) is 12.8 Å². The zero-order valence-electron chi connectivity index (χ0n) is 14.4. The van der Waals surface area contributed by atoms with E-state index in [4.69, 9.17) is 11.0 Å². The van der Waals surface area contributed by atoms with Gasteiger partial charge in [0.2, 0.25) is 0 Å². The first-order chi connectivity index (χ1) is 7.86. The summed E-state index contributed by atoms with van der Waals surface area (Å²) in [6, 6.07) is 0. The fraction of sp³-hybridized carbons (Fsp3) is 1.00. The van der Waals surface area contributed by atoms with Crippen molar-refractivity contribution in [1.82, 2.24) is 0 Å². The van der Waals surface area contributed by atoms with Crippen LogP contribution in [0.5, 0.6) is 0 Å². The van der Waals surface area contributed by atoms with Crippen molar-refractivity contribution in [3.63, 3.8) is 0 Å². The molecule has 0 spiro atoms. The highest BCUT2D eigenvalue weighted by Gasteiger charge is 2.22. The fourth-order valence-corrected chi connectivity index (χ4v) is 2.58. The highest BCUT2D eigenvalue weighted by molar-refractivity contribution is 6.76. The standard InChI is InChI=1S/C9H20Si/c1-10(2,3)8-9-6-4-5-7-9/h9H,4-8H2,1-3H3/i1D3,2D3,8D2. The molecule has 1 heteroatoms. The number of rotatable bonds is 2. The lowest BCUT2D eigenvalue weighted by molar-refractivity contribution is 0.602. The van der Waals surface area contributed by atoms with Gasteiger partial charge in [0.25, 0.3) is 0 Å². The Kier molecular flexibility index (Phi) is 0.805. The minimum Gasteiger partial charge on any atom is -0.0695 e. The third kappa shape index (κ3) is 2.87. The van der Waals surface area contributed by atoms with Gasteiger partial charge in [-0.15, -0.1) is 0 Å². The Morgan fingerprint density at radius 3 is 2.60 bits per heavy atom. The highest BCUT2D eigenvalue weighted by Crippen LogP contribution is 2.31. The average Bonchev–Trinajstić information content (AvgIpc) is 2.65. The van der Waals surface area contributed by atoms with Gasteiger partial charge < -0.3 is 0 Å². The van der Waals surface area contributed by atoms with Crippen LogP contribution in [0.3, 0.4) is 0 Å². The van der Waals surface area contributed by atoms with Gasteiger partial charge in [0, 0.05) is 19.0 Å². The van der Waals surface area contributed by atoms with Gasteiger partial charge in [-0.25, -0.2) is 0 Å². The summed E-state index contributed by atoms with van der Waals surface area (Å²) in [6.45, 7) is -4.25. The van der Waals surface area contributed by atoms with E-state index in [1.165, 1.54) is 6.55 Å². The van der Waals surface area contributed by atoms with Gasteiger partial charge in [0.05, 0.1) is 0 Å². The Morgan fingerprint density at radius 1 is 1.50 bits per heavy atom. The normalized spacial score (nSPS) is 37.7. The predicted octanol–water partition coefficient (Wildman–Crippen LogP) is 3.51. The molecule has 1 fully saturated rings. The van der Waals surface area contributed by atoms with Crippen LogP contribution >= 0.6 is 0 Å². The van der Waals surface area contributed by atoms with Gasteiger partial charge in [-0.05, 0) is 5.92 Å². The fourth-order valence-electron chi connectivity index (χ4n) is 1.48. The van der Waals surface area contributed by atoms with Gasteiger partial charge in [-0.3, -0.25) is 0 Å². The summed E-state index contributed by atoms with van der Waals surface area (Å²) in [5.74, 6) is -2.50. The molecule has 0 heterocycles. The summed E-state index contributed by atoms with van der Waals surface area (Å²) >= 11 is 0. The minimum absolute atomic E-state index is 0.421. The quantitative estimate of drug-likeness (QED) is 0.548. The first-order valence-electron chi connectivity index (χ1n) is 7.86.